The van der Waals surface area contributed by atoms with Crippen LogP contribution in [0, 0.1) is 0 Å². The first-order valence-electron chi connectivity index (χ1n) is 6.14. The SMILES string of the molecule is C=CCC(CC(=O)c1ccccc1)[Si](C)(C)C. The molecule has 0 N–H and O–H groups in total. The molecule has 0 aliphatic heterocycles. The molecule has 0 amide bonds. The Kier molecular flexibility index (Phi) is 4.88. The van der Waals surface area contributed by atoms with E-state index in [1.165, 1.54) is 0 Å². The molecule has 0 saturated carbocycles. The second-order valence-electron chi connectivity index (χ2n) is 5.58. The van der Waals surface area contributed by atoms with E-state index in [-0.39, 0.29) is 5.78 Å². The van der Waals surface area contributed by atoms with Gasteiger partial charge in [-0.05, 0) is 12.0 Å². The molecule has 0 fully saturated rings. The van der Waals surface area contributed by atoms with E-state index in [2.05, 4.69) is 26.2 Å². The fourth-order valence-corrected chi connectivity index (χ4v) is 3.58. The van der Waals surface area contributed by atoms with Crippen molar-refractivity contribution in [2.24, 2.45) is 0 Å². The van der Waals surface area contributed by atoms with Gasteiger partial charge in [-0.1, -0.05) is 56.0 Å². The Hall–Kier alpha value is -1.15. The van der Waals surface area contributed by atoms with Gasteiger partial charge in [0.25, 0.3) is 0 Å². The van der Waals surface area contributed by atoms with Crippen LogP contribution in [-0.2, 0) is 0 Å². The lowest BCUT2D eigenvalue weighted by molar-refractivity contribution is 0.0979. The number of ketones is 1. The zero-order valence-corrected chi connectivity index (χ0v) is 12.1. The van der Waals surface area contributed by atoms with Crippen LogP contribution in [-0.4, -0.2) is 13.9 Å². The number of hydrogen-bond acceptors (Lipinski definition) is 1. The minimum Gasteiger partial charge on any atom is -0.294 e. The third kappa shape index (κ3) is 4.31. The van der Waals surface area contributed by atoms with E-state index in [0.717, 1.165) is 12.0 Å². The van der Waals surface area contributed by atoms with Crippen molar-refractivity contribution >= 4 is 13.9 Å². The maximum absolute atomic E-state index is 12.2. The molecule has 1 aromatic carbocycles. The molecule has 0 radical (unpaired) electrons. The molecule has 1 nitrogen and oxygen atoms in total. The molecule has 0 aliphatic carbocycles. The predicted molar refractivity (Wildman–Crippen MR) is 77.3 cm³/mol. The smallest absolute Gasteiger partial charge is 0.162 e. The first-order valence-corrected chi connectivity index (χ1v) is 9.72. The highest BCUT2D eigenvalue weighted by Crippen LogP contribution is 2.30. The van der Waals surface area contributed by atoms with Gasteiger partial charge in [0, 0.05) is 20.1 Å². The van der Waals surface area contributed by atoms with Crippen LogP contribution in [0.5, 0.6) is 0 Å². The van der Waals surface area contributed by atoms with Crippen molar-refractivity contribution in [1.82, 2.24) is 0 Å². The number of benzene rings is 1. The summed E-state index contributed by atoms with van der Waals surface area (Å²) < 4.78 is 0. The minimum atomic E-state index is -1.30. The highest BCUT2D eigenvalue weighted by atomic mass is 28.3. The number of carbonyl (C=O) groups excluding carboxylic acids is 1. The van der Waals surface area contributed by atoms with E-state index in [1.54, 1.807) is 0 Å². The lowest BCUT2D eigenvalue weighted by Crippen LogP contribution is -2.29. The molecule has 2 heteroatoms. The van der Waals surface area contributed by atoms with Crippen LogP contribution in [0.4, 0.5) is 0 Å². The van der Waals surface area contributed by atoms with Gasteiger partial charge >= 0.3 is 0 Å². The van der Waals surface area contributed by atoms with Gasteiger partial charge in [0.15, 0.2) is 5.78 Å². The fraction of sp³-hybridized carbons (Fsp3) is 0.400. The molecule has 92 valence electrons. The topological polar surface area (TPSA) is 17.1 Å². The van der Waals surface area contributed by atoms with Gasteiger partial charge in [-0.25, -0.2) is 0 Å². The largest absolute Gasteiger partial charge is 0.294 e. The summed E-state index contributed by atoms with van der Waals surface area (Å²) in [6, 6.07) is 9.58. The van der Waals surface area contributed by atoms with E-state index in [0.29, 0.717) is 12.0 Å². The summed E-state index contributed by atoms with van der Waals surface area (Å²) in [5, 5.41) is 0. The van der Waals surface area contributed by atoms with Crippen LogP contribution in [0.2, 0.25) is 25.2 Å². The van der Waals surface area contributed by atoms with Crippen LogP contribution in [0.1, 0.15) is 23.2 Å². The number of allylic oxidation sites excluding steroid dienone is 1. The third-order valence-corrected chi connectivity index (χ3v) is 6.09. The first kappa shape index (κ1) is 13.9. The van der Waals surface area contributed by atoms with Crippen molar-refractivity contribution in [1.29, 1.82) is 0 Å². The molecule has 0 bridgehead atoms. The van der Waals surface area contributed by atoms with E-state index in [4.69, 9.17) is 0 Å². The lowest BCUT2D eigenvalue weighted by atomic mass is 10.1. The molecule has 1 rings (SSSR count). The van der Waals surface area contributed by atoms with Crippen LogP contribution in [0.15, 0.2) is 43.0 Å². The Morgan fingerprint density at radius 3 is 2.35 bits per heavy atom. The van der Waals surface area contributed by atoms with Gasteiger partial charge in [0.2, 0.25) is 0 Å². The molecule has 0 saturated heterocycles. The predicted octanol–water partition coefficient (Wildman–Crippen LogP) is 4.54. The zero-order chi connectivity index (χ0) is 12.9. The molecule has 17 heavy (non-hydrogen) atoms. The summed E-state index contributed by atoms with van der Waals surface area (Å²) in [5.74, 6) is 0.264. The standard InChI is InChI=1S/C15H22OSi/c1-5-9-14(17(2,3)4)12-15(16)13-10-7-6-8-11-13/h5-8,10-11,14H,1,9,12H2,2-4H3. The van der Waals surface area contributed by atoms with Crippen molar-refractivity contribution in [3.63, 3.8) is 0 Å². The average Bonchev–Trinajstić information content (AvgIpc) is 2.28. The summed E-state index contributed by atoms with van der Waals surface area (Å²) in [7, 11) is -1.30. The van der Waals surface area contributed by atoms with Gasteiger partial charge in [0.05, 0.1) is 0 Å². The normalized spacial score (nSPS) is 13.1. The van der Waals surface area contributed by atoms with Gasteiger partial charge in [-0.3, -0.25) is 4.79 Å². The molecule has 0 aliphatic rings. The second kappa shape index (κ2) is 5.96. The van der Waals surface area contributed by atoms with Crippen LogP contribution in [0.3, 0.4) is 0 Å². The summed E-state index contributed by atoms with van der Waals surface area (Å²) >= 11 is 0. The second-order valence-corrected chi connectivity index (χ2v) is 11.1. The van der Waals surface area contributed by atoms with Crippen molar-refractivity contribution in [2.45, 2.75) is 38.0 Å². The van der Waals surface area contributed by atoms with Crippen molar-refractivity contribution < 1.29 is 4.79 Å². The summed E-state index contributed by atoms with van der Waals surface area (Å²) in [6.07, 6.45) is 3.56. The molecule has 0 aromatic heterocycles. The van der Waals surface area contributed by atoms with Crippen molar-refractivity contribution in [2.75, 3.05) is 0 Å². The number of Topliss-reactive ketones (excluding diaryl/α,β-unsaturated/α-hetero) is 1. The minimum absolute atomic E-state index is 0.264. The summed E-state index contributed by atoms with van der Waals surface area (Å²) in [4.78, 5) is 12.2. The quantitative estimate of drug-likeness (QED) is 0.409. The van der Waals surface area contributed by atoms with Gasteiger partial charge in [-0.2, -0.15) is 0 Å². The fourth-order valence-electron chi connectivity index (χ4n) is 1.91. The number of rotatable bonds is 6. The zero-order valence-electron chi connectivity index (χ0n) is 11.1. The van der Waals surface area contributed by atoms with Gasteiger partial charge in [0.1, 0.15) is 0 Å². The van der Waals surface area contributed by atoms with E-state index in [9.17, 15) is 4.79 Å². The highest BCUT2D eigenvalue weighted by molar-refractivity contribution is 6.77. The third-order valence-electron chi connectivity index (χ3n) is 3.20. The van der Waals surface area contributed by atoms with Crippen molar-refractivity contribution in [3.8, 4) is 0 Å². The Balaban J connectivity index is 2.75. The van der Waals surface area contributed by atoms with Crippen molar-refractivity contribution in [3.05, 3.63) is 48.6 Å². The van der Waals surface area contributed by atoms with E-state index < -0.39 is 8.07 Å². The Labute approximate surface area is 106 Å². The molecule has 1 atom stereocenters. The Bertz CT molecular complexity index is 376. The number of carbonyl (C=O) groups is 1. The molecular formula is C15H22OSi. The maximum atomic E-state index is 12.2. The highest BCUT2D eigenvalue weighted by Gasteiger charge is 2.27. The number of hydrogen-bond donors (Lipinski definition) is 0. The maximum Gasteiger partial charge on any atom is 0.162 e. The van der Waals surface area contributed by atoms with Gasteiger partial charge < -0.3 is 0 Å². The Morgan fingerprint density at radius 1 is 1.29 bits per heavy atom. The molecule has 1 aromatic rings. The van der Waals surface area contributed by atoms with Crippen LogP contribution in [0.25, 0.3) is 0 Å². The molecule has 1 unspecified atom stereocenters. The first-order chi connectivity index (χ1) is 7.95. The molecule has 0 heterocycles. The molecule has 0 spiro atoms. The average molecular weight is 246 g/mol. The summed E-state index contributed by atoms with van der Waals surface area (Å²) in [5.41, 5.74) is 1.33. The van der Waals surface area contributed by atoms with Crippen LogP contribution < -0.4 is 0 Å². The van der Waals surface area contributed by atoms with Gasteiger partial charge in [-0.15, -0.1) is 6.58 Å². The van der Waals surface area contributed by atoms with Crippen LogP contribution >= 0.6 is 0 Å². The lowest BCUT2D eigenvalue weighted by Gasteiger charge is -2.27. The summed E-state index contributed by atoms with van der Waals surface area (Å²) in [6.45, 7) is 10.8. The monoisotopic (exact) mass is 246 g/mol. The molecular weight excluding hydrogens is 224 g/mol. The Morgan fingerprint density at radius 2 is 1.88 bits per heavy atom. The van der Waals surface area contributed by atoms with E-state index in [1.807, 2.05) is 36.4 Å². The van der Waals surface area contributed by atoms with E-state index >= 15 is 0 Å².